The lowest BCUT2D eigenvalue weighted by Crippen LogP contribution is -2.51. The molecule has 0 radical (unpaired) electrons. The second kappa shape index (κ2) is 7.24. The van der Waals surface area contributed by atoms with Gasteiger partial charge in [-0.05, 0) is 25.7 Å². The lowest BCUT2D eigenvalue weighted by atomic mass is 10.0. The number of carbonyl (C=O) groups is 2. The predicted octanol–water partition coefficient (Wildman–Crippen LogP) is 1.82. The van der Waals surface area contributed by atoms with Crippen molar-refractivity contribution in [3.05, 3.63) is 0 Å². The number of hydrogen-bond donors (Lipinski definition) is 2. The molecule has 0 aromatic carbocycles. The van der Waals surface area contributed by atoms with E-state index in [1.807, 2.05) is 13.8 Å². The molecule has 0 spiro atoms. The summed E-state index contributed by atoms with van der Waals surface area (Å²) in [6.07, 6.45) is 3.88. The van der Waals surface area contributed by atoms with Gasteiger partial charge < -0.3 is 15.4 Å². The Labute approximate surface area is 109 Å². The van der Waals surface area contributed by atoms with Gasteiger partial charge in [-0.3, -0.25) is 4.79 Å². The number of amides is 2. The minimum absolute atomic E-state index is 0.0378. The Morgan fingerprint density at radius 3 is 2.39 bits per heavy atom. The van der Waals surface area contributed by atoms with Crippen LogP contribution in [0.25, 0.3) is 0 Å². The van der Waals surface area contributed by atoms with Gasteiger partial charge in [0.15, 0.2) is 0 Å². The summed E-state index contributed by atoms with van der Waals surface area (Å²) in [5.41, 5.74) is 0. The Kier molecular flexibility index (Phi) is 5.95. The van der Waals surface area contributed by atoms with Crippen molar-refractivity contribution in [1.82, 2.24) is 10.6 Å². The van der Waals surface area contributed by atoms with Gasteiger partial charge in [0.2, 0.25) is 5.91 Å². The summed E-state index contributed by atoms with van der Waals surface area (Å²) in [5, 5.41) is 5.62. The van der Waals surface area contributed by atoms with Crippen LogP contribution < -0.4 is 10.6 Å². The molecule has 1 aliphatic carbocycles. The van der Waals surface area contributed by atoms with Gasteiger partial charge >= 0.3 is 6.09 Å². The largest absolute Gasteiger partial charge is 0.450 e. The van der Waals surface area contributed by atoms with Crippen molar-refractivity contribution in [3.8, 4) is 0 Å². The Balaban J connectivity index is 2.49. The van der Waals surface area contributed by atoms with Crippen molar-refractivity contribution < 1.29 is 14.3 Å². The minimum atomic E-state index is -0.530. The maximum atomic E-state index is 12.1. The van der Waals surface area contributed by atoms with Gasteiger partial charge in [0.05, 0.1) is 6.61 Å². The normalized spacial score (nSPS) is 17.6. The van der Waals surface area contributed by atoms with Crippen LogP contribution in [-0.2, 0) is 9.53 Å². The quantitative estimate of drug-likeness (QED) is 0.788. The van der Waals surface area contributed by atoms with Gasteiger partial charge in [0.1, 0.15) is 6.04 Å². The molecule has 1 unspecified atom stereocenters. The van der Waals surface area contributed by atoms with Crippen LogP contribution in [0.15, 0.2) is 0 Å². The molecule has 2 N–H and O–H groups in total. The van der Waals surface area contributed by atoms with Crippen LogP contribution in [0.3, 0.4) is 0 Å². The van der Waals surface area contributed by atoms with Crippen LogP contribution in [0.1, 0.15) is 46.5 Å². The number of alkyl carbamates (subject to hydrolysis) is 1. The zero-order valence-electron chi connectivity index (χ0n) is 11.5. The van der Waals surface area contributed by atoms with Crippen molar-refractivity contribution in [2.24, 2.45) is 5.92 Å². The van der Waals surface area contributed by atoms with Crippen molar-refractivity contribution >= 4 is 12.0 Å². The first-order valence-electron chi connectivity index (χ1n) is 6.78. The van der Waals surface area contributed by atoms with Crippen LogP contribution in [-0.4, -0.2) is 30.7 Å². The molecule has 1 saturated carbocycles. The molecule has 1 fully saturated rings. The predicted molar refractivity (Wildman–Crippen MR) is 69.2 cm³/mol. The molecule has 1 rings (SSSR count). The highest BCUT2D eigenvalue weighted by atomic mass is 16.5. The SMILES string of the molecule is CCOC(=O)NC(C(=O)NC1CCCC1)C(C)C. The molecule has 2 amide bonds. The minimum Gasteiger partial charge on any atom is -0.450 e. The zero-order chi connectivity index (χ0) is 13.5. The molecular weight excluding hydrogens is 232 g/mol. The van der Waals surface area contributed by atoms with Crippen LogP contribution in [0, 0.1) is 5.92 Å². The lowest BCUT2D eigenvalue weighted by Gasteiger charge is -2.23. The molecule has 1 aliphatic rings. The summed E-state index contributed by atoms with van der Waals surface area (Å²) in [6.45, 7) is 5.86. The third kappa shape index (κ3) is 4.55. The summed E-state index contributed by atoms with van der Waals surface area (Å²) >= 11 is 0. The van der Waals surface area contributed by atoms with E-state index in [9.17, 15) is 9.59 Å². The maximum Gasteiger partial charge on any atom is 0.407 e. The van der Waals surface area contributed by atoms with Gasteiger partial charge in [-0.1, -0.05) is 26.7 Å². The summed E-state index contributed by atoms with van der Waals surface area (Å²) < 4.78 is 4.81. The molecular formula is C13H24N2O3. The molecule has 104 valence electrons. The molecule has 0 aliphatic heterocycles. The second-order valence-corrected chi connectivity index (χ2v) is 5.08. The molecule has 0 aromatic heterocycles. The van der Waals surface area contributed by atoms with E-state index >= 15 is 0 Å². The smallest absolute Gasteiger partial charge is 0.407 e. The third-order valence-corrected chi connectivity index (χ3v) is 3.20. The first kappa shape index (κ1) is 14.8. The first-order chi connectivity index (χ1) is 8.54. The lowest BCUT2D eigenvalue weighted by molar-refractivity contribution is -0.124. The van der Waals surface area contributed by atoms with Crippen molar-refractivity contribution in [2.45, 2.75) is 58.5 Å². The summed E-state index contributed by atoms with van der Waals surface area (Å²) in [4.78, 5) is 23.5. The standard InChI is InChI=1S/C13H24N2O3/c1-4-18-13(17)15-11(9(2)3)12(16)14-10-7-5-6-8-10/h9-11H,4-8H2,1-3H3,(H,14,16)(H,15,17). The highest BCUT2D eigenvalue weighted by Gasteiger charge is 2.27. The number of rotatable bonds is 5. The molecule has 0 aromatic rings. The van der Waals surface area contributed by atoms with Gasteiger partial charge in [0, 0.05) is 6.04 Å². The summed E-state index contributed by atoms with van der Waals surface area (Å²) in [5.74, 6) is -0.0687. The average molecular weight is 256 g/mol. The molecule has 5 nitrogen and oxygen atoms in total. The number of hydrogen-bond acceptors (Lipinski definition) is 3. The highest BCUT2D eigenvalue weighted by Crippen LogP contribution is 2.18. The van der Waals surface area contributed by atoms with E-state index in [-0.39, 0.29) is 17.9 Å². The molecule has 0 heterocycles. The van der Waals surface area contributed by atoms with Crippen molar-refractivity contribution in [1.29, 1.82) is 0 Å². The number of carbonyl (C=O) groups excluding carboxylic acids is 2. The number of nitrogens with one attached hydrogen (secondary N) is 2. The fourth-order valence-electron chi connectivity index (χ4n) is 2.20. The van der Waals surface area contributed by atoms with Gasteiger partial charge in [-0.15, -0.1) is 0 Å². The van der Waals surface area contributed by atoms with Crippen LogP contribution in [0.5, 0.6) is 0 Å². The van der Waals surface area contributed by atoms with Crippen LogP contribution >= 0.6 is 0 Å². The monoisotopic (exact) mass is 256 g/mol. The fourth-order valence-corrected chi connectivity index (χ4v) is 2.20. The van der Waals surface area contributed by atoms with E-state index < -0.39 is 12.1 Å². The Hall–Kier alpha value is -1.26. The number of ether oxygens (including phenoxy) is 1. The van der Waals surface area contributed by atoms with E-state index in [4.69, 9.17) is 4.74 Å². The second-order valence-electron chi connectivity index (χ2n) is 5.08. The fraction of sp³-hybridized carbons (Fsp3) is 0.846. The van der Waals surface area contributed by atoms with Crippen LogP contribution in [0.4, 0.5) is 4.79 Å². The molecule has 0 saturated heterocycles. The Morgan fingerprint density at radius 2 is 1.89 bits per heavy atom. The van der Waals surface area contributed by atoms with Gasteiger partial charge in [-0.25, -0.2) is 4.79 Å². The first-order valence-corrected chi connectivity index (χ1v) is 6.78. The molecule has 18 heavy (non-hydrogen) atoms. The summed E-state index contributed by atoms with van der Waals surface area (Å²) in [7, 11) is 0. The zero-order valence-corrected chi connectivity index (χ0v) is 11.5. The van der Waals surface area contributed by atoms with E-state index in [1.54, 1.807) is 6.92 Å². The topological polar surface area (TPSA) is 67.4 Å². The molecule has 1 atom stereocenters. The Morgan fingerprint density at radius 1 is 1.28 bits per heavy atom. The van der Waals surface area contributed by atoms with Crippen molar-refractivity contribution in [2.75, 3.05) is 6.61 Å². The van der Waals surface area contributed by atoms with Crippen LogP contribution in [0.2, 0.25) is 0 Å². The average Bonchev–Trinajstić information content (AvgIpc) is 2.78. The molecule has 5 heteroatoms. The van der Waals surface area contributed by atoms with Gasteiger partial charge in [-0.2, -0.15) is 0 Å². The van der Waals surface area contributed by atoms with E-state index in [2.05, 4.69) is 10.6 Å². The maximum absolute atomic E-state index is 12.1. The Bertz CT molecular complexity index is 286. The van der Waals surface area contributed by atoms with Crippen molar-refractivity contribution in [3.63, 3.8) is 0 Å². The van der Waals surface area contributed by atoms with E-state index in [0.29, 0.717) is 6.61 Å². The third-order valence-electron chi connectivity index (χ3n) is 3.20. The van der Waals surface area contributed by atoms with Gasteiger partial charge in [0.25, 0.3) is 0 Å². The van der Waals surface area contributed by atoms with E-state index in [0.717, 1.165) is 12.8 Å². The van der Waals surface area contributed by atoms with E-state index in [1.165, 1.54) is 12.8 Å². The molecule has 0 bridgehead atoms. The summed E-state index contributed by atoms with van der Waals surface area (Å²) in [6, 6.07) is -0.257. The highest BCUT2D eigenvalue weighted by molar-refractivity contribution is 5.86.